The van der Waals surface area contributed by atoms with Gasteiger partial charge in [0, 0.05) is 23.1 Å². The van der Waals surface area contributed by atoms with Crippen LogP contribution < -0.4 is 0 Å². The Kier molecular flexibility index (Phi) is 5.59. The van der Waals surface area contributed by atoms with Crippen LogP contribution in [0.5, 0.6) is 0 Å². The lowest BCUT2D eigenvalue weighted by molar-refractivity contribution is 0.0510. The van der Waals surface area contributed by atoms with E-state index in [1.54, 1.807) is 29.5 Å². The van der Waals surface area contributed by atoms with Gasteiger partial charge in [-0.25, -0.2) is 0 Å². The molecule has 0 spiro atoms. The summed E-state index contributed by atoms with van der Waals surface area (Å²) in [6, 6.07) is 9.00. The number of thiophene rings is 1. The number of ether oxygens (including phenoxy) is 1. The number of benzene rings is 1. The van der Waals surface area contributed by atoms with Crippen LogP contribution in [0.25, 0.3) is 0 Å². The zero-order valence-corrected chi connectivity index (χ0v) is 14.8. The number of halogens is 2. The fourth-order valence-electron chi connectivity index (χ4n) is 2.68. The third-order valence-corrected chi connectivity index (χ3v) is 5.23. The van der Waals surface area contributed by atoms with E-state index in [1.165, 1.54) is 0 Å². The quantitative estimate of drug-likeness (QED) is 0.751. The highest BCUT2D eigenvalue weighted by atomic mass is 35.5. The Morgan fingerprint density at radius 1 is 1.35 bits per heavy atom. The fraction of sp³-hybridized carbons (Fsp3) is 0.353. The Morgan fingerprint density at radius 2 is 2.22 bits per heavy atom. The number of hydrogen-bond acceptors (Lipinski definition) is 3. The first-order valence-corrected chi connectivity index (χ1v) is 9.15. The topological polar surface area (TPSA) is 29.5 Å². The van der Waals surface area contributed by atoms with Crippen LogP contribution in [-0.2, 0) is 11.3 Å². The molecule has 0 bridgehead atoms. The van der Waals surface area contributed by atoms with Gasteiger partial charge in [-0.2, -0.15) is 0 Å². The molecule has 122 valence electrons. The third kappa shape index (κ3) is 4.27. The zero-order chi connectivity index (χ0) is 16.2. The Labute approximate surface area is 149 Å². The summed E-state index contributed by atoms with van der Waals surface area (Å²) >= 11 is 13.8. The van der Waals surface area contributed by atoms with Gasteiger partial charge in [0.1, 0.15) is 0 Å². The first kappa shape index (κ1) is 16.8. The van der Waals surface area contributed by atoms with E-state index in [-0.39, 0.29) is 12.0 Å². The summed E-state index contributed by atoms with van der Waals surface area (Å²) in [5.41, 5.74) is 0.477. The highest BCUT2D eigenvalue weighted by Gasteiger charge is 2.25. The Hall–Kier alpha value is -1.07. The van der Waals surface area contributed by atoms with Crippen molar-refractivity contribution in [1.82, 2.24) is 4.90 Å². The molecule has 1 saturated heterocycles. The minimum atomic E-state index is -0.0874. The van der Waals surface area contributed by atoms with Gasteiger partial charge in [-0.3, -0.25) is 4.79 Å². The molecule has 1 atom stereocenters. The summed E-state index contributed by atoms with van der Waals surface area (Å²) in [5, 5.41) is 2.92. The van der Waals surface area contributed by atoms with E-state index in [1.807, 2.05) is 22.4 Å². The number of nitrogens with zero attached hydrogens (tertiary/aromatic N) is 1. The second-order valence-corrected chi connectivity index (χ2v) is 7.40. The molecule has 0 radical (unpaired) electrons. The molecule has 3 nitrogen and oxygen atoms in total. The molecular formula is C17H17Cl2NO2S. The Balaban J connectivity index is 1.81. The first-order valence-electron chi connectivity index (χ1n) is 7.52. The van der Waals surface area contributed by atoms with Gasteiger partial charge in [0.15, 0.2) is 0 Å². The van der Waals surface area contributed by atoms with E-state index in [2.05, 4.69) is 0 Å². The molecule has 6 heteroatoms. The average molecular weight is 370 g/mol. The van der Waals surface area contributed by atoms with Crippen LogP contribution >= 0.6 is 34.5 Å². The lowest BCUT2D eigenvalue weighted by atomic mass is 10.1. The maximum Gasteiger partial charge on any atom is 0.255 e. The molecule has 0 aliphatic carbocycles. The van der Waals surface area contributed by atoms with Crippen molar-refractivity contribution < 1.29 is 9.53 Å². The molecule has 1 aliphatic heterocycles. The molecule has 2 heterocycles. The first-order chi connectivity index (χ1) is 11.1. The van der Waals surface area contributed by atoms with Gasteiger partial charge >= 0.3 is 0 Å². The minimum Gasteiger partial charge on any atom is -0.376 e. The number of carbonyl (C=O) groups is 1. The van der Waals surface area contributed by atoms with Crippen LogP contribution in [0.2, 0.25) is 10.0 Å². The molecule has 1 fully saturated rings. The van der Waals surface area contributed by atoms with E-state index in [0.717, 1.165) is 24.3 Å². The molecule has 1 amide bonds. The Morgan fingerprint density at radius 3 is 2.87 bits per heavy atom. The van der Waals surface area contributed by atoms with Crippen molar-refractivity contribution in [1.29, 1.82) is 0 Å². The van der Waals surface area contributed by atoms with Crippen LogP contribution in [-0.4, -0.2) is 30.1 Å². The molecule has 0 saturated carbocycles. The van der Waals surface area contributed by atoms with Crippen molar-refractivity contribution in [2.45, 2.75) is 25.5 Å². The second kappa shape index (κ2) is 7.67. The van der Waals surface area contributed by atoms with Crippen molar-refractivity contribution in [3.05, 3.63) is 56.2 Å². The smallest absolute Gasteiger partial charge is 0.255 e. The van der Waals surface area contributed by atoms with Crippen molar-refractivity contribution in [3.63, 3.8) is 0 Å². The summed E-state index contributed by atoms with van der Waals surface area (Å²) in [6.07, 6.45) is 2.14. The minimum absolute atomic E-state index is 0.0874. The van der Waals surface area contributed by atoms with Gasteiger partial charge in [0.2, 0.25) is 0 Å². The molecule has 3 rings (SSSR count). The maximum absolute atomic E-state index is 12.9. The van der Waals surface area contributed by atoms with Gasteiger partial charge in [-0.1, -0.05) is 29.3 Å². The molecule has 1 aromatic carbocycles. The summed E-state index contributed by atoms with van der Waals surface area (Å²) in [7, 11) is 0. The van der Waals surface area contributed by atoms with E-state index in [0.29, 0.717) is 28.7 Å². The summed E-state index contributed by atoms with van der Waals surface area (Å²) in [5.74, 6) is -0.0874. The lowest BCUT2D eigenvalue weighted by Gasteiger charge is -2.25. The van der Waals surface area contributed by atoms with Gasteiger partial charge < -0.3 is 9.64 Å². The van der Waals surface area contributed by atoms with E-state index < -0.39 is 0 Å². The molecule has 1 aliphatic rings. The summed E-state index contributed by atoms with van der Waals surface area (Å²) in [6.45, 7) is 1.92. The van der Waals surface area contributed by atoms with Gasteiger partial charge in [0.05, 0.1) is 23.2 Å². The SMILES string of the molecule is O=C(c1ccc(Cl)cc1Cl)N(Cc1cccs1)CC1CCCO1. The van der Waals surface area contributed by atoms with Gasteiger partial charge in [-0.15, -0.1) is 11.3 Å². The van der Waals surface area contributed by atoms with Crippen LogP contribution in [0.3, 0.4) is 0 Å². The molecule has 1 aromatic heterocycles. The monoisotopic (exact) mass is 369 g/mol. The van der Waals surface area contributed by atoms with Crippen LogP contribution in [0.15, 0.2) is 35.7 Å². The highest BCUT2D eigenvalue weighted by molar-refractivity contribution is 7.09. The van der Waals surface area contributed by atoms with Crippen LogP contribution in [0.1, 0.15) is 28.1 Å². The van der Waals surface area contributed by atoms with Crippen LogP contribution in [0, 0.1) is 0 Å². The predicted molar refractivity (Wildman–Crippen MR) is 94.5 cm³/mol. The normalized spacial score (nSPS) is 17.4. The third-order valence-electron chi connectivity index (χ3n) is 3.82. The largest absolute Gasteiger partial charge is 0.376 e. The number of amides is 1. The zero-order valence-electron chi connectivity index (χ0n) is 12.5. The number of rotatable bonds is 5. The van der Waals surface area contributed by atoms with Crippen LogP contribution in [0.4, 0.5) is 0 Å². The van der Waals surface area contributed by atoms with Crippen molar-refractivity contribution >= 4 is 40.4 Å². The highest BCUT2D eigenvalue weighted by Crippen LogP contribution is 2.25. The van der Waals surface area contributed by atoms with Gasteiger partial charge in [-0.05, 0) is 42.5 Å². The second-order valence-electron chi connectivity index (χ2n) is 5.52. The summed E-state index contributed by atoms with van der Waals surface area (Å²) < 4.78 is 5.69. The van der Waals surface area contributed by atoms with E-state index in [4.69, 9.17) is 27.9 Å². The van der Waals surface area contributed by atoms with Crippen molar-refractivity contribution in [2.75, 3.05) is 13.2 Å². The van der Waals surface area contributed by atoms with E-state index >= 15 is 0 Å². The van der Waals surface area contributed by atoms with E-state index in [9.17, 15) is 4.79 Å². The predicted octanol–water partition coefficient (Wildman–Crippen LogP) is 4.88. The standard InChI is InChI=1S/C17H17Cl2NO2S/c18-12-5-6-15(16(19)9-12)17(21)20(10-13-3-1-7-22-13)11-14-4-2-8-23-14/h2,4-6,8-9,13H,1,3,7,10-11H2. The van der Waals surface area contributed by atoms with Crippen molar-refractivity contribution in [2.24, 2.45) is 0 Å². The number of hydrogen-bond donors (Lipinski definition) is 0. The van der Waals surface area contributed by atoms with Crippen molar-refractivity contribution in [3.8, 4) is 0 Å². The number of carbonyl (C=O) groups excluding carboxylic acids is 1. The molecular weight excluding hydrogens is 353 g/mol. The molecule has 1 unspecified atom stereocenters. The fourth-order valence-corrected chi connectivity index (χ4v) is 3.89. The summed E-state index contributed by atoms with van der Waals surface area (Å²) in [4.78, 5) is 15.9. The lowest BCUT2D eigenvalue weighted by Crippen LogP contribution is -2.36. The molecule has 23 heavy (non-hydrogen) atoms. The van der Waals surface area contributed by atoms with Gasteiger partial charge in [0.25, 0.3) is 5.91 Å². The molecule has 0 N–H and O–H groups in total. The Bertz CT molecular complexity index is 669. The average Bonchev–Trinajstić information content (AvgIpc) is 3.19. The maximum atomic E-state index is 12.9. The molecule has 2 aromatic rings.